The number of carbonyl (C=O) groups excluding carboxylic acids is 1. The van der Waals surface area contributed by atoms with Crippen molar-refractivity contribution >= 4 is 26.1 Å². The van der Waals surface area contributed by atoms with E-state index in [1.807, 2.05) is 20.8 Å². The zero-order chi connectivity index (χ0) is 20.0. The molecule has 0 aromatic heterocycles. The van der Waals surface area contributed by atoms with Gasteiger partial charge in [0.05, 0.1) is 5.25 Å². The average molecular weight is 388 g/mol. The van der Waals surface area contributed by atoms with Crippen LogP contribution < -0.4 is 5.32 Å². The molecule has 0 aliphatic heterocycles. The third-order valence-corrected chi connectivity index (χ3v) is 5.71. The lowest BCUT2D eigenvalue weighted by molar-refractivity contribution is -0.117. The van der Waals surface area contributed by atoms with Crippen molar-refractivity contribution in [1.29, 1.82) is 0 Å². The molecule has 1 unspecified atom stereocenters. The molecular weight excluding hydrogens is 358 g/mol. The van der Waals surface area contributed by atoms with Crippen molar-refractivity contribution in [2.45, 2.75) is 64.5 Å². The van der Waals surface area contributed by atoms with Crippen molar-refractivity contribution in [3.8, 4) is 0 Å². The molecule has 0 spiro atoms. The van der Waals surface area contributed by atoms with Gasteiger partial charge in [-0.25, -0.2) is 0 Å². The molecule has 0 rings (SSSR count). The Morgan fingerprint density at radius 1 is 1.12 bits per heavy atom. The summed E-state index contributed by atoms with van der Waals surface area (Å²) in [5.41, 5.74) is -0.0591. The molecule has 1 atom stereocenters. The standard InChI is InChI=1S/C8H18O3S.C6H11NO4S/c1-5-7(12(9,10)11)6-8(2,3)4;1-4-5(8)7-6(2,3)12(9,10)11/h7H,5-6H2,1-4H3,(H,9,10,11);4H,1H2,2-3H3,(H,7,8)(H,9,10,11). The van der Waals surface area contributed by atoms with Crippen LogP contribution in [0.1, 0.15) is 54.4 Å². The minimum Gasteiger partial charge on any atom is -0.332 e. The summed E-state index contributed by atoms with van der Waals surface area (Å²) >= 11 is 0. The summed E-state index contributed by atoms with van der Waals surface area (Å²) in [4.78, 5) is 8.99. The Labute approximate surface area is 145 Å². The van der Waals surface area contributed by atoms with E-state index in [0.29, 0.717) is 12.8 Å². The van der Waals surface area contributed by atoms with Crippen LogP contribution in [-0.2, 0) is 25.0 Å². The molecule has 0 radical (unpaired) electrons. The summed E-state index contributed by atoms with van der Waals surface area (Å²) in [7, 11) is -8.14. The second-order valence-electron chi connectivity index (χ2n) is 6.99. The maximum absolute atomic E-state index is 10.8. The van der Waals surface area contributed by atoms with Gasteiger partial charge in [-0.15, -0.1) is 0 Å². The monoisotopic (exact) mass is 387 g/mol. The lowest BCUT2D eigenvalue weighted by Gasteiger charge is -2.22. The minimum absolute atomic E-state index is 0.0591. The summed E-state index contributed by atoms with van der Waals surface area (Å²) in [6, 6.07) is 0. The lowest BCUT2D eigenvalue weighted by atomic mass is 9.90. The Morgan fingerprint density at radius 2 is 1.54 bits per heavy atom. The predicted molar refractivity (Wildman–Crippen MR) is 93.7 cm³/mol. The fraction of sp³-hybridized carbons (Fsp3) is 0.786. The Bertz CT molecular complexity index is 629. The van der Waals surface area contributed by atoms with Gasteiger partial charge in [0.25, 0.3) is 20.2 Å². The highest BCUT2D eigenvalue weighted by atomic mass is 32.2. The second-order valence-corrected chi connectivity index (χ2v) is 10.7. The smallest absolute Gasteiger partial charge is 0.288 e. The normalized spacial score (nSPS) is 14.2. The van der Waals surface area contributed by atoms with Gasteiger partial charge in [-0.1, -0.05) is 34.3 Å². The highest BCUT2D eigenvalue weighted by molar-refractivity contribution is 7.87. The maximum atomic E-state index is 10.8. The van der Waals surface area contributed by atoms with Crippen LogP contribution in [0.25, 0.3) is 0 Å². The molecule has 0 bridgehead atoms. The molecule has 0 aliphatic rings. The summed E-state index contributed by atoms with van der Waals surface area (Å²) in [6.07, 6.45) is 1.89. The van der Waals surface area contributed by atoms with Crippen molar-refractivity contribution in [2.75, 3.05) is 0 Å². The fourth-order valence-corrected chi connectivity index (χ4v) is 2.92. The molecule has 1 amide bonds. The first-order valence-electron chi connectivity index (χ1n) is 7.25. The highest BCUT2D eigenvalue weighted by Gasteiger charge is 2.33. The molecule has 3 N–H and O–H groups in total. The molecule has 10 heteroatoms. The summed E-state index contributed by atoms with van der Waals surface area (Å²) in [5, 5.41) is 1.44. The number of nitrogens with one attached hydrogen (secondary N) is 1. The fourth-order valence-electron chi connectivity index (χ4n) is 1.56. The molecule has 0 aromatic carbocycles. The zero-order valence-corrected chi connectivity index (χ0v) is 16.7. The van der Waals surface area contributed by atoms with E-state index in [1.54, 1.807) is 6.92 Å². The van der Waals surface area contributed by atoms with E-state index in [9.17, 15) is 21.6 Å². The molecule has 8 nitrogen and oxygen atoms in total. The first-order chi connectivity index (χ1) is 10.4. The van der Waals surface area contributed by atoms with E-state index >= 15 is 0 Å². The topological polar surface area (TPSA) is 138 Å². The Kier molecular flexibility index (Phi) is 9.40. The number of amides is 1. The Balaban J connectivity index is 0. The Hall–Kier alpha value is -0.970. The molecule has 0 fully saturated rings. The molecule has 144 valence electrons. The predicted octanol–water partition coefficient (Wildman–Crippen LogP) is 2.00. The summed E-state index contributed by atoms with van der Waals surface area (Å²) in [6.45, 7) is 13.1. The van der Waals surface area contributed by atoms with Crippen molar-refractivity contribution in [3.63, 3.8) is 0 Å². The molecule has 0 saturated carbocycles. The van der Waals surface area contributed by atoms with E-state index in [1.165, 1.54) is 13.8 Å². The quantitative estimate of drug-likeness (QED) is 0.468. The first-order valence-corrected chi connectivity index (χ1v) is 10.2. The summed E-state index contributed by atoms with van der Waals surface area (Å²) in [5.74, 6) is -0.655. The van der Waals surface area contributed by atoms with Gasteiger partial charge >= 0.3 is 0 Å². The van der Waals surface area contributed by atoms with Crippen LogP contribution in [0.2, 0.25) is 0 Å². The van der Waals surface area contributed by atoms with Crippen molar-refractivity contribution < 1.29 is 30.7 Å². The van der Waals surface area contributed by atoms with Crippen molar-refractivity contribution in [2.24, 2.45) is 5.41 Å². The molecule has 0 aliphatic carbocycles. The molecular formula is C14H29NO7S2. The maximum Gasteiger partial charge on any atom is 0.288 e. The van der Waals surface area contributed by atoms with Crippen LogP contribution in [0.4, 0.5) is 0 Å². The van der Waals surface area contributed by atoms with E-state index in [0.717, 1.165) is 6.08 Å². The number of hydrogen-bond donors (Lipinski definition) is 3. The molecule has 0 saturated heterocycles. The summed E-state index contributed by atoms with van der Waals surface area (Å²) < 4.78 is 60.2. The Morgan fingerprint density at radius 3 is 1.71 bits per heavy atom. The van der Waals surface area contributed by atoms with E-state index in [4.69, 9.17) is 9.11 Å². The van der Waals surface area contributed by atoms with E-state index < -0.39 is 36.3 Å². The van der Waals surface area contributed by atoms with Gasteiger partial charge in [0.2, 0.25) is 5.91 Å². The van der Waals surface area contributed by atoms with Gasteiger partial charge < -0.3 is 5.32 Å². The molecule has 24 heavy (non-hydrogen) atoms. The highest BCUT2D eigenvalue weighted by Crippen LogP contribution is 2.25. The van der Waals surface area contributed by atoms with Crippen LogP contribution in [0.15, 0.2) is 12.7 Å². The number of hydrogen-bond acceptors (Lipinski definition) is 5. The van der Waals surface area contributed by atoms with E-state index in [-0.39, 0.29) is 5.41 Å². The van der Waals surface area contributed by atoms with Gasteiger partial charge in [0.15, 0.2) is 4.87 Å². The van der Waals surface area contributed by atoms with Gasteiger partial charge in [-0.05, 0) is 38.2 Å². The molecule has 0 aromatic rings. The largest absolute Gasteiger partial charge is 0.332 e. The van der Waals surface area contributed by atoms with Crippen LogP contribution in [0.5, 0.6) is 0 Å². The number of carbonyl (C=O) groups is 1. The molecule has 0 heterocycles. The van der Waals surface area contributed by atoms with Crippen LogP contribution >= 0.6 is 0 Å². The third-order valence-electron chi connectivity index (χ3n) is 2.97. The average Bonchev–Trinajstić information content (AvgIpc) is 2.32. The van der Waals surface area contributed by atoms with Crippen molar-refractivity contribution in [1.82, 2.24) is 5.32 Å². The third kappa shape index (κ3) is 10.7. The van der Waals surface area contributed by atoms with Gasteiger partial charge in [0, 0.05) is 0 Å². The van der Waals surface area contributed by atoms with Crippen LogP contribution in [0.3, 0.4) is 0 Å². The zero-order valence-electron chi connectivity index (χ0n) is 15.0. The van der Waals surface area contributed by atoms with Gasteiger partial charge in [0.1, 0.15) is 0 Å². The van der Waals surface area contributed by atoms with Crippen molar-refractivity contribution in [3.05, 3.63) is 12.7 Å². The van der Waals surface area contributed by atoms with Gasteiger partial charge in [-0.2, -0.15) is 16.8 Å². The van der Waals surface area contributed by atoms with Gasteiger partial charge in [-0.3, -0.25) is 13.9 Å². The van der Waals surface area contributed by atoms with Crippen LogP contribution in [0, 0.1) is 5.41 Å². The number of rotatable bonds is 6. The lowest BCUT2D eigenvalue weighted by Crippen LogP contribution is -2.48. The minimum atomic E-state index is -4.29. The second kappa shape index (κ2) is 8.93. The van der Waals surface area contributed by atoms with E-state index in [2.05, 4.69) is 11.9 Å². The van der Waals surface area contributed by atoms with Crippen LogP contribution in [-0.4, -0.2) is 42.0 Å². The first kappa shape index (κ1) is 25.3. The SMILES string of the molecule is C=CC(=O)NC(C)(C)S(=O)(=O)O.CCC(CC(C)(C)C)S(=O)(=O)O.